The van der Waals surface area contributed by atoms with Gasteiger partial charge in [-0.1, -0.05) is 18.5 Å². The molecular weight excluding hydrogens is 302 g/mol. The third kappa shape index (κ3) is 2.85. The largest absolute Gasteiger partial charge is 0.441 e. The molecule has 2 unspecified atom stereocenters. The Kier molecular flexibility index (Phi) is 4.41. The molecule has 0 amide bonds. The zero-order valence-corrected chi connectivity index (χ0v) is 12.8. The molecule has 0 aliphatic carbocycles. The van der Waals surface area contributed by atoms with Crippen LogP contribution >= 0.6 is 11.6 Å². The summed E-state index contributed by atoms with van der Waals surface area (Å²) in [5.74, 6) is 1.34. The molecule has 1 aliphatic rings. The number of hydrazine groups is 2. The van der Waals surface area contributed by atoms with E-state index in [0.29, 0.717) is 10.9 Å². The number of nitrogens with one attached hydrogen (secondary N) is 3. The minimum absolute atomic E-state index is 0.253. The molecular formula is C15H16ClN5O. The van der Waals surface area contributed by atoms with E-state index >= 15 is 0 Å². The molecule has 0 radical (unpaired) electrons. The normalized spacial score (nSPS) is 21.0. The number of halogens is 1. The van der Waals surface area contributed by atoms with Gasteiger partial charge in [-0.25, -0.2) is 15.8 Å². The Morgan fingerprint density at radius 3 is 2.77 bits per heavy atom. The lowest BCUT2D eigenvalue weighted by molar-refractivity contribution is 0.494. The molecule has 1 saturated heterocycles. The zero-order valence-electron chi connectivity index (χ0n) is 12.1. The van der Waals surface area contributed by atoms with Gasteiger partial charge in [0.2, 0.25) is 5.89 Å². The first-order chi connectivity index (χ1) is 10.7. The first-order valence-corrected chi connectivity index (χ1v) is 7.52. The van der Waals surface area contributed by atoms with Crippen LogP contribution < -0.4 is 16.4 Å². The predicted molar refractivity (Wildman–Crippen MR) is 82.5 cm³/mol. The van der Waals surface area contributed by atoms with Crippen LogP contribution in [0.2, 0.25) is 5.02 Å². The van der Waals surface area contributed by atoms with Crippen molar-refractivity contribution in [3.63, 3.8) is 0 Å². The summed E-state index contributed by atoms with van der Waals surface area (Å²) in [6.45, 7) is 2.08. The number of nitriles is 1. The number of hydrogen-bond donors (Lipinski definition) is 3. The lowest BCUT2D eigenvalue weighted by Crippen LogP contribution is -2.32. The predicted octanol–water partition coefficient (Wildman–Crippen LogP) is 2.49. The molecule has 0 saturated carbocycles. The maximum absolute atomic E-state index is 9.21. The van der Waals surface area contributed by atoms with Crippen molar-refractivity contribution in [1.29, 1.82) is 5.26 Å². The quantitative estimate of drug-likeness (QED) is 0.803. The average Bonchev–Trinajstić information content (AvgIpc) is 3.14. The fourth-order valence-electron chi connectivity index (χ4n) is 2.43. The molecule has 0 spiro atoms. The van der Waals surface area contributed by atoms with Gasteiger partial charge in [0.1, 0.15) is 17.5 Å². The number of nitrogens with zero attached hydrogens (tertiary/aromatic N) is 2. The molecule has 3 N–H and O–H groups in total. The summed E-state index contributed by atoms with van der Waals surface area (Å²) in [5, 5.41) is 9.87. The molecule has 2 atom stereocenters. The van der Waals surface area contributed by atoms with Gasteiger partial charge < -0.3 is 4.42 Å². The van der Waals surface area contributed by atoms with Crippen molar-refractivity contribution in [3.05, 3.63) is 40.7 Å². The highest BCUT2D eigenvalue weighted by atomic mass is 35.5. The first kappa shape index (κ1) is 15.0. The molecule has 0 bridgehead atoms. The smallest absolute Gasteiger partial charge is 0.226 e. The van der Waals surface area contributed by atoms with E-state index in [1.807, 2.05) is 12.1 Å². The molecule has 1 fully saturated rings. The van der Waals surface area contributed by atoms with Crippen molar-refractivity contribution < 1.29 is 4.42 Å². The van der Waals surface area contributed by atoms with Crippen molar-refractivity contribution in [2.24, 2.45) is 0 Å². The van der Waals surface area contributed by atoms with Crippen LogP contribution in [0.3, 0.4) is 0 Å². The standard InChI is InChI=1S/C15H16ClN5O/c1-2-3-12-14(13-11(8-17)19-21-20-13)18-15(22-12)9-4-6-10(16)7-5-9/h4-7,11,13,19-21H,2-3H2,1H3. The van der Waals surface area contributed by atoms with Gasteiger partial charge in [0.25, 0.3) is 0 Å². The Bertz CT molecular complexity index is 691. The summed E-state index contributed by atoms with van der Waals surface area (Å²) in [6.07, 6.45) is 1.71. The van der Waals surface area contributed by atoms with Crippen molar-refractivity contribution in [2.75, 3.05) is 0 Å². The van der Waals surface area contributed by atoms with E-state index in [0.717, 1.165) is 29.9 Å². The van der Waals surface area contributed by atoms with Gasteiger partial charge >= 0.3 is 0 Å². The van der Waals surface area contributed by atoms with Crippen molar-refractivity contribution in [1.82, 2.24) is 21.4 Å². The average molecular weight is 318 g/mol. The van der Waals surface area contributed by atoms with E-state index in [1.165, 1.54) is 0 Å². The maximum Gasteiger partial charge on any atom is 0.226 e. The van der Waals surface area contributed by atoms with E-state index in [4.69, 9.17) is 16.0 Å². The van der Waals surface area contributed by atoms with Gasteiger partial charge in [-0.2, -0.15) is 10.8 Å². The summed E-state index contributed by atoms with van der Waals surface area (Å²) < 4.78 is 5.93. The van der Waals surface area contributed by atoms with E-state index < -0.39 is 6.04 Å². The van der Waals surface area contributed by atoms with Gasteiger partial charge in [-0.3, -0.25) is 0 Å². The highest BCUT2D eigenvalue weighted by Gasteiger charge is 2.33. The molecule has 7 heteroatoms. The molecule has 6 nitrogen and oxygen atoms in total. The molecule has 2 aromatic rings. The second kappa shape index (κ2) is 6.46. The third-order valence-corrected chi connectivity index (χ3v) is 3.77. The van der Waals surface area contributed by atoms with Crippen LogP contribution in [0, 0.1) is 11.3 Å². The van der Waals surface area contributed by atoms with Gasteiger partial charge in [0, 0.05) is 17.0 Å². The topological polar surface area (TPSA) is 85.9 Å². The Morgan fingerprint density at radius 1 is 1.32 bits per heavy atom. The Hall–Kier alpha value is -1.91. The number of oxazole rings is 1. The molecule has 22 heavy (non-hydrogen) atoms. The lowest BCUT2D eigenvalue weighted by Gasteiger charge is -2.09. The number of benzene rings is 1. The van der Waals surface area contributed by atoms with E-state index in [-0.39, 0.29) is 6.04 Å². The van der Waals surface area contributed by atoms with E-state index in [9.17, 15) is 5.26 Å². The zero-order chi connectivity index (χ0) is 15.5. The fourth-order valence-corrected chi connectivity index (χ4v) is 2.55. The van der Waals surface area contributed by atoms with Crippen LogP contribution in [0.1, 0.15) is 30.8 Å². The fraction of sp³-hybridized carbons (Fsp3) is 0.333. The Labute approximate surface area is 133 Å². The van der Waals surface area contributed by atoms with E-state index in [2.05, 4.69) is 34.4 Å². The van der Waals surface area contributed by atoms with Crippen LogP contribution in [0.25, 0.3) is 11.5 Å². The van der Waals surface area contributed by atoms with Gasteiger partial charge in [-0.15, -0.1) is 0 Å². The highest BCUT2D eigenvalue weighted by Crippen LogP contribution is 2.29. The Morgan fingerprint density at radius 2 is 2.09 bits per heavy atom. The van der Waals surface area contributed by atoms with Gasteiger partial charge in [0.15, 0.2) is 0 Å². The van der Waals surface area contributed by atoms with Crippen molar-refractivity contribution >= 4 is 11.6 Å². The summed E-state index contributed by atoms with van der Waals surface area (Å²) in [6, 6.07) is 8.89. The monoisotopic (exact) mass is 317 g/mol. The number of hydrogen-bond acceptors (Lipinski definition) is 6. The second-order valence-corrected chi connectivity index (χ2v) is 5.52. The third-order valence-electron chi connectivity index (χ3n) is 3.52. The SMILES string of the molecule is CCCc1oc(-c2ccc(Cl)cc2)nc1C1NNNC1C#N. The van der Waals surface area contributed by atoms with Crippen molar-refractivity contribution in [3.8, 4) is 17.5 Å². The molecule has 3 rings (SSSR count). The second-order valence-electron chi connectivity index (χ2n) is 5.08. The van der Waals surface area contributed by atoms with Crippen LogP contribution in [-0.4, -0.2) is 11.0 Å². The van der Waals surface area contributed by atoms with Crippen molar-refractivity contribution in [2.45, 2.75) is 31.8 Å². The number of aromatic nitrogens is 1. The molecule has 1 aromatic carbocycles. The molecule has 1 aromatic heterocycles. The minimum atomic E-state index is -0.404. The number of rotatable bonds is 4. The summed E-state index contributed by atoms with van der Waals surface area (Å²) in [7, 11) is 0. The summed E-state index contributed by atoms with van der Waals surface area (Å²) in [4.78, 5) is 4.61. The Balaban J connectivity index is 1.99. The lowest BCUT2D eigenvalue weighted by atomic mass is 10.0. The minimum Gasteiger partial charge on any atom is -0.441 e. The van der Waals surface area contributed by atoms with Crippen LogP contribution in [0.15, 0.2) is 28.7 Å². The highest BCUT2D eigenvalue weighted by molar-refractivity contribution is 6.30. The first-order valence-electron chi connectivity index (χ1n) is 7.14. The van der Waals surface area contributed by atoms with Gasteiger partial charge in [0.05, 0.1) is 12.1 Å². The van der Waals surface area contributed by atoms with Gasteiger partial charge in [-0.05, 0) is 30.7 Å². The molecule has 1 aliphatic heterocycles. The number of aryl methyl sites for hydroxylation is 1. The summed E-state index contributed by atoms with van der Waals surface area (Å²) >= 11 is 5.91. The molecule has 2 heterocycles. The summed E-state index contributed by atoms with van der Waals surface area (Å²) in [5.41, 5.74) is 10.3. The van der Waals surface area contributed by atoms with Crippen LogP contribution in [-0.2, 0) is 6.42 Å². The molecule has 114 valence electrons. The van der Waals surface area contributed by atoms with E-state index in [1.54, 1.807) is 12.1 Å². The maximum atomic E-state index is 9.21. The van der Waals surface area contributed by atoms with Crippen LogP contribution in [0.4, 0.5) is 0 Å². The van der Waals surface area contributed by atoms with Crippen LogP contribution in [0.5, 0.6) is 0 Å².